The van der Waals surface area contributed by atoms with Crippen molar-refractivity contribution < 1.29 is 13.7 Å². The molecule has 1 aromatic carbocycles. The van der Waals surface area contributed by atoms with Gasteiger partial charge >= 0.3 is 0 Å². The Kier molecular flexibility index (Phi) is 5.95. The first-order chi connectivity index (χ1) is 8.99. The molecular formula is C13H22N2O3S. The summed E-state index contributed by atoms with van der Waals surface area (Å²) in [7, 11) is 2.35. The molecule has 0 spiro atoms. The quantitative estimate of drug-likeness (QED) is 0.748. The molecule has 0 aromatic heterocycles. The van der Waals surface area contributed by atoms with Crippen molar-refractivity contribution >= 4 is 22.2 Å². The Balaban J connectivity index is 2.71. The molecule has 6 heteroatoms. The number of nitrogens with one attached hydrogen (secondary N) is 1. The number of ether oxygens (including phenoxy) is 2. The number of hydrogen-bond donors (Lipinski definition) is 2. The first kappa shape index (κ1) is 15.6. The molecule has 108 valence electrons. The van der Waals surface area contributed by atoms with Gasteiger partial charge in [-0.3, -0.25) is 4.21 Å². The Morgan fingerprint density at radius 3 is 2.42 bits per heavy atom. The lowest BCUT2D eigenvalue weighted by Gasteiger charge is -2.15. The predicted molar refractivity (Wildman–Crippen MR) is 80.6 cm³/mol. The maximum atomic E-state index is 11.3. The van der Waals surface area contributed by atoms with E-state index in [1.54, 1.807) is 26.5 Å². The number of benzene rings is 1. The van der Waals surface area contributed by atoms with Crippen molar-refractivity contribution in [3.63, 3.8) is 0 Å². The maximum absolute atomic E-state index is 11.3. The molecule has 0 aliphatic carbocycles. The summed E-state index contributed by atoms with van der Waals surface area (Å²) in [5.41, 5.74) is 7.34. The lowest BCUT2D eigenvalue weighted by atomic mass is 10.2. The molecule has 2 unspecified atom stereocenters. The van der Waals surface area contributed by atoms with E-state index in [9.17, 15) is 4.21 Å². The second kappa shape index (κ2) is 7.23. The van der Waals surface area contributed by atoms with Gasteiger partial charge < -0.3 is 20.5 Å². The smallest absolute Gasteiger partial charge is 0.162 e. The second-order valence-corrected chi connectivity index (χ2v) is 6.12. The third-order valence-electron chi connectivity index (χ3n) is 2.99. The summed E-state index contributed by atoms with van der Waals surface area (Å²) < 4.78 is 21.7. The van der Waals surface area contributed by atoms with Gasteiger partial charge in [-0.05, 0) is 6.42 Å². The van der Waals surface area contributed by atoms with Crippen LogP contribution in [0.25, 0.3) is 0 Å². The van der Waals surface area contributed by atoms with Crippen LogP contribution in [0.3, 0.4) is 0 Å². The Bertz CT molecular complexity index is 452. The van der Waals surface area contributed by atoms with Crippen molar-refractivity contribution in [2.45, 2.75) is 18.6 Å². The zero-order chi connectivity index (χ0) is 14.4. The molecule has 1 rings (SSSR count). The van der Waals surface area contributed by atoms with E-state index < -0.39 is 10.8 Å². The fourth-order valence-electron chi connectivity index (χ4n) is 1.62. The molecular weight excluding hydrogens is 264 g/mol. The van der Waals surface area contributed by atoms with Crippen molar-refractivity contribution in [3.05, 3.63) is 12.1 Å². The fraction of sp³-hybridized carbons (Fsp3) is 0.538. The Hall–Kier alpha value is -1.43. The van der Waals surface area contributed by atoms with Crippen molar-refractivity contribution in [1.29, 1.82) is 0 Å². The summed E-state index contributed by atoms with van der Waals surface area (Å²) in [4.78, 5) is 0. The van der Waals surface area contributed by atoms with E-state index in [0.717, 1.165) is 12.1 Å². The molecule has 0 aliphatic rings. The van der Waals surface area contributed by atoms with Gasteiger partial charge in [0.15, 0.2) is 11.5 Å². The average molecular weight is 286 g/mol. The molecule has 0 aliphatic heterocycles. The SMILES string of the molecule is COc1cc(N)c(NCCC(C)S(C)=O)cc1OC. The first-order valence-corrected chi connectivity index (χ1v) is 7.69. The van der Waals surface area contributed by atoms with Crippen molar-refractivity contribution in [2.24, 2.45) is 0 Å². The summed E-state index contributed by atoms with van der Waals surface area (Å²) in [5, 5.41) is 3.39. The second-order valence-electron chi connectivity index (χ2n) is 4.32. The van der Waals surface area contributed by atoms with Gasteiger partial charge in [0.25, 0.3) is 0 Å². The molecule has 19 heavy (non-hydrogen) atoms. The van der Waals surface area contributed by atoms with E-state index in [1.165, 1.54) is 0 Å². The van der Waals surface area contributed by atoms with E-state index in [4.69, 9.17) is 15.2 Å². The summed E-state index contributed by atoms with van der Waals surface area (Å²) in [6, 6.07) is 3.53. The van der Waals surface area contributed by atoms with Crippen LogP contribution in [0, 0.1) is 0 Å². The predicted octanol–water partition coefficient (Wildman–Crippen LogP) is 1.85. The lowest BCUT2D eigenvalue weighted by Crippen LogP contribution is -2.15. The highest BCUT2D eigenvalue weighted by Crippen LogP contribution is 2.34. The van der Waals surface area contributed by atoms with Crippen LogP contribution < -0.4 is 20.5 Å². The van der Waals surface area contributed by atoms with Gasteiger partial charge in [0.2, 0.25) is 0 Å². The van der Waals surface area contributed by atoms with E-state index >= 15 is 0 Å². The van der Waals surface area contributed by atoms with Crippen LogP contribution >= 0.6 is 0 Å². The fourth-order valence-corrected chi connectivity index (χ4v) is 2.07. The van der Waals surface area contributed by atoms with Crippen LogP contribution in [0.5, 0.6) is 11.5 Å². The molecule has 5 nitrogen and oxygen atoms in total. The van der Waals surface area contributed by atoms with Gasteiger partial charge in [0.1, 0.15) is 0 Å². The van der Waals surface area contributed by atoms with Gasteiger partial charge in [0, 0.05) is 41.0 Å². The Labute approximate surface area is 116 Å². The molecule has 2 atom stereocenters. The van der Waals surface area contributed by atoms with Crippen molar-refractivity contribution in [1.82, 2.24) is 0 Å². The highest BCUT2D eigenvalue weighted by atomic mass is 32.2. The van der Waals surface area contributed by atoms with Crippen LogP contribution in [-0.4, -0.2) is 36.5 Å². The van der Waals surface area contributed by atoms with Crippen LogP contribution in [0.2, 0.25) is 0 Å². The number of hydrogen-bond acceptors (Lipinski definition) is 5. The summed E-state index contributed by atoms with van der Waals surface area (Å²) in [6.45, 7) is 2.68. The molecule has 3 N–H and O–H groups in total. The topological polar surface area (TPSA) is 73.6 Å². The Morgan fingerprint density at radius 1 is 1.32 bits per heavy atom. The minimum atomic E-state index is -0.801. The number of methoxy groups -OCH3 is 2. The standard InChI is InChI=1S/C13H22N2O3S/c1-9(19(4)16)5-6-15-11-8-13(18-3)12(17-2)7-10(11)14/h7-9,15H,5-6,14H2,1-4H3. The molecule has 0 heterocycles. The van der Waals surface area contributed by atoms with Gasteiger partial charge in [0.05, 0.1) is 25.6 Å². The number of nitrogens with two attached hydrogens (primary N) is 1. The van der Waals surface area contributed by atoms with Crippen molar-refractivity contribution in [3.8, 4) is 11.5 Å². The summed E-state index contributed by atoms with van der Waals surface area (Å²) in [5.74, 6) is 1.24. The number of rotatable bonds is 7. The largest absolute Gasteiger partial charge is 0.493 e. The minimum Gasteiger partial charge on any atom is -0.493 e. The van der Waals surface area contributed by atoms with Gasteiger partial charge in [-0.1, -0.05) is 6.92 Å². The van der Waals surface area contributed by atoms with E-state index in [1.807, 2.05) is 13.0 Å². The highest BCUT2D eigenvalue weighted by molar-refractivity contribution is 7.84. The zero-order valence-corrected chi connectivity index (χ0v) is 12.7. The van der Waals surface area contributed by atoms with E-state index in [-0.39, 0.29) is 5.25 Å². The average Bonchev–Trinajstić information content (AvgIpc) is 2.39. The first-order valence-electron chi connectivity index (χ1n) is 6.07. The molecule has 0 saturated heterocycles. The van der Waals surface area contributed by atoms with Gasteiger partial charge in [-0.2, -0.15) is 0 Å². The number of nitrogen functional groups attached to an aromatic ring is 1. The third kappa shape index (κ3) is 4.31. The number of anilines is 2. The normalized spacial score (nSPS) is 13.7. The molecule has 1 aromatic rings. The molecule has 0 amide bonds. The van der Waals surface area contributed by atoms with E-state index in [0.29, 0.717) is 23.7 Å². The molecule has 0 radical (unpaired) electrons. The minimum absolute atomic E-state index is 0.161. The maximum Gasteiger partial charge on any atom is 0.162 e. The summed E-state index contributed by atoms with van der Waals surface area (Å²) >= 11 is 0. The monoisotopic (exact) mass is 286 g/mol. The van der Waals surface area contributed by atoms with Crippen LogP contribution in [0.1, 0.15) is 13.3 Å². The Morgan fingerprint density at radius 2 is 1.89 bits per heavy atom. The van der Waals surface area contributed by atoms with E-state index in [2.05, 4.69) is 5.32 Å². The molecule has 0 fully saturated rings. The van der Waals surface area contributed by atoms with Gasteiger partial charge in [-0.15, -0.1) is 0 Å². The lowest BCUT2D eigenvalue weighted by molar-refractivity contribution is 0.355. The molecule has 0 saturated carbocycles. The van der Waals surface area contributed by atoms with Crippen LogP contribution in [0.4, 0.5) is 11.4 Å². The van der Waals surface area contributed by atoms with Crippen LogP contribution in [-0.2, 0) is 10.8 Å². The molecule has 0 bridgehead atoms. The highest BCUT2D eigenvalue weighted by Gasteiger charge is 2.10. The van der Waals surface area contributed by atoms with Crippen molar-refractivity contribution in [2.75, 3.05) is 38.1 Å². The zero-order valence-electron chi connectivity index (χ0n) is 11.9. The summed E-state index contributed by atoms with van der Waals surface area (Å²) in [6.07, 6.45) is 2.53. The third-order valence-corrected chi connectivity index (χ3v) is 4.36. The van der Waals surface area contributed by atoms with Gasteiger partial charge in [-0.25, -0.2) is 0 Å². The van der Waals surface area contributed by atoms with Crippen LogP contribution in [0.15, 0.2) is 12.1 Å².